The zero-order valence-electron chi connectivity index (χ0n) is 8.05. The Labute approximate surface area is 109 Å². The van der Waals surface area contributed by atoms with Gasteiger partial charge in [-0.15, -0.1) is 0 Å². The highest BCUT2D eigenvalue weighted by atomic mass is 127. The molecule has 0 spiro atoms. The van der Waals surface area contributed by atoms with Crippen molar-refractivity contribution >= 4 is 40.6 Å². The van der Waals surface area contributed by atoms with Gasteiger partial charge in [-0.25, -0.2) is 0 Å². The monoisotopic (exact) mass is 360 g/mol. The third-order valence-electron chi connectivity index (χ3n) is 1.78. The van der Waals surface area contributed by atoms with Crippen molar-refractivity contribution < 1.29 is 18.0 Å². The number of carbonyl (C=O) groups excluding carboxylic acids is 1. The molecule has 0 saturated carbocycles. The fraction of sp³-hybridized carbons (Fsp3) is 0.300. The van der Waals surface area contributed by atoms with Crippen molar-refractivity contribution in [2.75, 3.05) is 0 Å². The molecule has 0 aliphatic carbocycles. The molecule has 0 aromatic heterocycles. The Hall–Kier alpha value is -0.240. The Morgan fingerprint density at radius 3 is 2.62 bits per heavy atom. The Bertz CT molecular complexity index is 379. The van der Waals surface area contributed by atoms with Crippen molar-refractivity contribution in [3.05, 3.63) is 27.3 Å². The molecule has 16 heavy (non-hydrogen) atoms. The van der Waals surface area contributed by atoms with Crippen molar-refractivity contribution in [3.63, 3.8) is 0 Å². The summed E-state index contributed by atoms with van der Waals surface area (Å²) in [5, 5.41) is 0. The molecule has 0 fully saturated rings. The number of aryl methyl sites for hydroxylation is 1. The molecule has 0 bridgehead atoms. The van der Waals surface area contributed by atoms with Crippen molar-refractivity contribution in [2.24, 2.45) is 0 Å². The van der Waals surface area contributed by atoms with E-state index < -0.39 is 5.51 Å². The van der Waals surface area contributed by atoms with Gasteiger partial charge in [0, 0.05) is 14.9 Å². The number of aldehydes is 1. The number of benzene rings is 1. The molecule has 0 unspecified atom stereocenters. The van der Waals surface area contributed by atoms with Crippen molar-refractivity contribution in [2.45, 2.75) is 23.2 Å². The lowest BCUT2D eigenvalue weighted by atomic mass is 10.1. The summed E-state index contributed by atoms with van der Waals surface area (Å²) in [4.78, 5) is 10.4. The van der Waals surface area contributed by atoms with Crippen LogP contribution in [0.2, 0.25) is 0 Å². The highest BCUT2D eigenvalue weighted by molar-refractivity contribution is 14.1. The molecule has 0 aliphatic heterocycles. The fourth-order valence-electron chi connectivity index (χ4n) is 1.18. The summed E-state index contributed by atoms with van der Waals surface area (Å²) in [7, 11) is 0. The van der Waals surface area contributed by atoms with Crippen LogP contribution >= 0.6 is 34.4 Å². The van der Waals surface area contributed by atoms with Gasteiger partial charge in [0.1, 0.15) is 6.29 Å². The third kappa shape index (κ3) is 4.73. The Kier molecular flexibility index (Phi) is 5.10. The van der Waals surface area contributed by atoms with Gasteiger partial charge < -0.3 is 4.79 Å². The predicted octanol–water partition coefficient (Wildman–Crippen LogP) is 4.03. The van der Waals surface area contributed by atoms with Crippen LogP contribution in [0.4, 0.5) is 13.2 Å². The Morgan fingerprint density at radius 2 is 2.06 bits per heavy atom. The second kappa shape index (κ2) is 5.90. The average Bonchev–Trinajstić information content (AvgIpc) is 2.16. The van der Waals surface area contributed by atoms with Gasteiger partial charge in [0.25, 0.3) is 0 Å². The molecule has 0 radical (unpaired) electrons. The average molecular weight is 360 g/mol. The summed E-state index contributed by atoms with van der Waals surface area (Å²) in [5.74, 6) is 0. The van der Waals surface area contributed by atoms with Crippen LogP contribution in [-0.4, -0.2) is 11.8 Å². The van der Waals surface area contributed by atoms with Gasteiger partial charge in [-0.1, -0.05) is 0 Å². The van der Waals surface area contributed by atoms with Gasteiger partial charge in [0.05, 0.1) is 0 Å². The smallest absolute Gasteiger partial charge is 0.303 e. The lowest BCUT2D eigenvalue weighted by Gasteiger charge is -2.10. The molecule has 1 rings (SSSR count). The molecule has 1 nitrogen and oxygen atoms in total. The summed E-state index contributed by atoms with van der Waals surface area (Å²) < 4.78 is 37.6. The zero-order chi connectivity index (χ0) is 12.2. The van der Waals surface area contributed by atoms with Crippen LogP contribution in [0.15, 0.2) is 23.1 Å². The molecule has 6 heteroatoms. The molecule has 0 atom stereocenters. The first-order chi connectivity index (χ1) is 7.42. The van der Waals surface area contributed by atoms with Crippen LogP contribution in [0.3, 0.4) is 0 Å². The zero-order valence-corrected chi connectivity index (χ0v) is 11.0. The first-order valence-corrected chi connectivity index (χ1v) is 6.29. The number of rotatable bonds is 4. The van der Waals surface area contributed by atoms with Gasteiger partial charge in [-0.05, 0) is 64.5 Å². The van der Waals surface area contributed by atoms with E-state index >= 15 is 0 Å². The summed E-state index contributed by atoms with van der Waals surface area (Å²) in [6, 6.07) is 4.75. The molecule has 0 aliphatic rings. The first kappa shape index (κ1) is 13.8. The SMILES string of the molecule is O=CCCc1cc(I)ccc1SC(F)(F)F. The summed E-state index contributed by atoms with van der Waals surface area (Å²) in [6.07, 6.45) is 1.30. The van der Waals surface area contributed by atoms with E-state index in [4.69, 9.17) is 0 Å². The minimum Gasteiger partial charge on any atom is -0.303 e. The summed E-state index contributed by atoms with van der Waals surface area (Å²) >= 11 is 1.90. The Balaban J connectivity index is 2.93. The molecule has 88 valence electrons. The lowest BCUT2D eigenvalue weighted by Crippen LogP contribution is -2.01. The summed E-state index contributed by atoms with van der Waals surface area (Å²) in [5.41, 5.74) is -3.72. The van der Waals surface area contributed by atoms with E-state index in [1.807, 2.05) is 22.6 Å². The van der Waals surface area contributed by atoms with Crippen LogP contribution in [0.25, 0.3) is 0 Å². The van der Waals surface area contributed by atoms with Gasteiger partial charge >= 0.3 is 5.51 Å². The fourth-order valence-corrected chi connectivity index (χ4v) is 2.42. The molecule has 0 saturated heterocycles. The van der Waals surface area contributed by atoms with E-state index in [-0.39, 0.29) is 23.1 Å². The van der Waals surface area contributed by atoms with Crippen LogP contribution < -0.4 is 0 Å². The van der Waals surface area contributed by atoms with E-state index in [0.717, 1.165) is 3.57 Å². The second-order valence-electron chi connectivity index (χ2n) is 3.01. The largest absolute Gasteiger partial charge is 0.446 e. The molecule has 1 aromatic rings. The molecular weight excluding hydrogens is 352 g/mol. The lowest BCUT2D eigenvalue weighted by molar-refractivity contribution is -0.107. The highest BCUT2D eigenvalue weighted by Gasteiger charge is 2.30. The van der Waals surface area contributed by atoms with Crippen LogP contribution in [0.5, 0.6) is 0 Å². The van der Waals surface area contributed by atoms with E-state index in [1.54, 1.807) is 12.1 Å². The highest BCUT2D eigenvalue weighted by Crippen LogP contribution is 2.39. The molecule has 1 aromatic carbocycles. The minimum absolute atomic E-state index is 0.133. The number of alkyl halides is 3. The van der Waals surface area contributed by atoms with E-state index in [2.05, 4.69) is 0 Å². The van der Waals surface area contributed by atoms with Crippen molar-refractivity contribution in [3.8, 4) is 0 Å². The van der Waals surface area contributed by atoms with Crippen molar-refractivity contribution in [1.29, 1.82) is 0 Å². The number of halogens is 4. The molecule has 0 heterocycles. The standard InChI is InChI=1S/C10H8F3IOS/c11-10(12,13)16-9-4-3-8(14)6-7(9)2-1-5-15/h3-6H,1-2H2. The van der Waals surface area contributed by atoms with Crippen LogP contribution in [0, 0.1) is 3.57 Å². The van der Waals surface area contributed by atoms with E-state index in [0.29, 0.717) is 18.3 Å². The van der Waals surface area contributed by atoms with E-state index in [9.17, 15) is 18.0 Å². The topological polar surface area (TPSA) is 17.1 Å². The predicted molar refractivity (Wildman–Crippen MR) is 65.5 cm³/mol. The molecular formula is C10H8F3IOS. The maximum absolute atomic E-state index is 12.2. The van der Waals surface area contributed by atoms with Crippen LogP contribution in [0.1, 0.15) is 12.0 Å². The van der Waals surface area contributed by atoms with E-state index in [1.165, 1.54) is 6.07 Å². The number of hydrogen-bond acceptors (Lipinski definition) is 2. The summed E-state index contributed by atoms with van der Waals surface area (Å²) in [6.45, 7) is 0. The second-order valence-corrected chi connectivity index (χ2v) is 5.36. The number of hydrogen-bond donors (Lipinski definition) is 0. The minimum atomic E-state index is -4.29. The normalized spacial score (nSPS) is 11.5. The van der Waals surface area contributed by atoms with Crippen molar-refractivity contribution in [1.82, 2.24) is 0 Å². The molecule has 0 amide bonds. The maximum atomic E-state index is 12.2. The first-order valence-electron chi connectivity index (χ1n) is 4.40. The number of carbonyl (C=O) groups is 1. The van der Waals surface area contributed by atoms with Gasteiger partial charge in [0.15, 0.2) is 0 Å². The van der Waals surface area contributed by atoms with Gasteiger partial charge in [-0.3, -0.25) is 0 Å². The Morgan fingerprint density at radius 1 is 1.38 bits per heavy atom. The van der Waals surface area contributed by atoms with Crippen LogP contribution in [-0.2, 0) is 11.2 Å². The van der Waals surface area contributed by atoms with Gasteiger partial charge in [-0.2, -0.15) is 13.2 Å². The molecule has 0 N–H and O–H groups in total. The number of thioether (sulfide) groups is 1. The third-order valence-corrected chi connectivity index (χ3v) is 3.30. The van der Waals surface area contributed by atoms with Gasteiger partial charge in [0.2, 0.25) is 0 Å². The quantitative estimate of drug-likeness (QED) is 0.458. The maximum Gasteiger partial charge on any atom is 0.446 e.